The van der Waals surface area contributed by atoms with Crippen LogP contribution in [0.25, 0.3) is 0 Å². The first kappa shape index (κ1) is 21.8. The van der Waals surface area contributed by atoms with E-state index in [4.69, 9.17) is 4.74 Å². The average molecular weight is 431 g/mol. The van der Waals surface area contributed by atoms with E-state index >= 15 is 0 Å². The maximum atomic E-state index is 13.0. The zero-order valence-corrected chi connectivity index (χ0v) is 18.2. The molecule has 7 nitrogen and oxygen atoms in total. The Labute approximate surface area is 177 Å². The lowest BCUT2D eigenvalue weighted by Gasteiger charge is -2.16. The third-order valence-corrected chi connectivity index (χ3v) is 7.24. The molecule has 1 aliphatic rings. The minimum atomic E-state index is -3.68. The van der Waals surface area contributed by atoms with Crippen LogP contribution in [0.4, 0.5) is 11.4 Å². The largest absolute Gasteiger partial charge is 0.494 e. The number of carbonyl (C=O) groups is 2. The summed E-state index contributed by atoms with van der Waals surface area (Å²) in [5.74, 6) is 0.259. The molecule has 0 aliphatic carbocycles. The monoisotopic (exact) mass is 430 g/mol. The summed E-state index contributed by atoms with van der Waals surface area (Å²) in [7, 11) is -3.68. The Balaban J connectivity index is 1.67. The van der Waals surface area contributed by atoms with Crippen molar-refractivity contribution in [3.05, 3.63) is 48.0 Å². The molecule has 160 valence electrons. The number of rotatable bonds is 7. The minimum absolute atomic E-state index is 0.0660. The second-order valence-electron chi connectivity index (χ2n) is 7.28. The van der Waals surface area contributed by atoms with Crippen molar-refractivity contribution >= 4 is 33.0 Å². The van der Waals surface area contributed by atoms with E-state index in [1.807, 2.05) is 6.92 Å². The molecule has 0 aromatic heterocycles. The van der Waals surface area contributed by atoms with E-state index in [2.05, 4.69) is 5.32 Å². The smallest absolute Gasteiger partial charge is 0.225 e. The van der Waals surface area contributed by atoms with Gasteiger partial charge in [0.15, 0.2) is 9.84 Å². The van der Waals surface area contributed by atoms with E-state index in [-0.39, 0.29) is 23.1 Å². The number of nitrogens with zero attached hydrogens (tertiary/aromatic N) is 1. The average Bonchev–Trinajstić information content (AvgIpc) is 3.13. The highest BCUT2D eigenvalue weighted by Gasteiger charge is 2.29. The molecule has 0 bridgehead atoms. The number of amides is 2. The molecule has 1 heterocycles. The second-order valence-corrected chi connectivity index (χ2v) is 9.64. The molecule has 0 unspecified atom stereocenters. The van der Waals surface area contributed by atoms with Gasteiger partial charge in [0.1, 0.15) is 5.75 Å². The lowest BCUT2D eigenvalue weighted by molar-refractivity contribution is -0.117. The molecule has 0 radical (unpaired) electrons. The first-order valence-corrected chi connectivity index (χ1v) is 11.4. The molecule has 3 rings (SSSR count). The van der Waals surface area contributed by atoms with E-state index in [1.54, 1.807) is 41.3 Å². The van der Waals surface area contributed by atoms with Crippen molar-refractivity contribution in [2.24, 2.45) is 0 Å². The standard InChI is InChI=1S/C22H26N2O5S/c1-4-29-19-7-5-18(6-8-19)23-22(26)13-15(2)30(27,28)20-9-10-21-17(14-20)11-12-24(21)16(3)25/h5-10,14-15H,4,11-13H2,1-3H3,(H,23,26)/t15-/m0/s1. The highest BCUT2D eigenvalue weighted by atomic mass is 32.2. The fourth-order valence-electron chi connectivity index (χ4n) is 3.50. The molecule has 0 saturated heterocycles. The van der Waals surface area contributed by atoms with Gasteiger partial charge in [-0.1, -0.05) is 0 Å². The van der Waals surface area contributed by atoms with Crippen LogP contribution in [0, 0.1) is 0 Å². The van der Waals surface area contributed by atoms with Crippen LogP contribution in [0.5, 0.6) is 5.75 Å². The number of benzene rings is 2. The molecule has 2 aromatic carbocycles. The number of nitrogens with one attached hydrogen (secondary N) is 1. The first-order chi connectivity index (χ1) is 14.2. The lowest BCUT2D eigenvalue weighted by atomic mass is 10.2. The number of hydrogen-bond acceptors (Lipinski definition) is 5. The predicted octanol–water partition coefficient (Wildman–Crippen LogP) is 3.19. The number of anilines is 2. The quantitative estimate of drug-likeness (QED) is 0.728. The van der Waals surface area contributed by atoms with Crippen molar-refractivity contribution in [2.45, 2.75) is 43.8 Å². The Morgan fingerprint density at radius 2 is 1.87 bits per heavy atom. The third kappa shape index (κ3) is 4.64. The van der Waals surface area contributed by atoms with Gasteiger partial charge in [0.05, 0.1) is 16.8 Å². The van der Waals surface area contributed by atoms with Crippen LogP contribution in [0.2, 0.25) is 0 Å². The van der Waals surface area contributed by atoms with E-state index in [1.165, 1.54) is 19.9 Å². The molecule has 1 aliphatic heterocycles. The van der Waals surface area contributed by atoms with Crippen molar-refractivity contribution in [3.8, 4) is 5.75 Å². The van der Waals surface area contributed by atoms with Crippen LogP contribution in [-0.2, 0) is 25.8 Å². The Morgan fingerprint density at radius 3 is 2.50 bits per heavy atom. The zero-order chi connectivity index (χ0) is 21.9. The summed E-state index contributed by atoms with van der Waals surface area (Å²) in [4.78, 5) is 25.9. The summed E-state index contributed by atoms with van der Waals surface area (Å²) >= 11 is 0. The van der Waals surface area contributed by atoms with Gasteiger partial charge in [-0.2, -0.15) is 0 Å². The van der Waals surface area contributed by atoms with Gasteiger partial charge in [-0.15, -0.1) is 0 Å². The normalized spacial score (nSPS) is 14.2. The zero-order valence-electron chi connectivity index (χ0n) is 17.3. The molecule has 0 spiro atoms. The van der Waals surface area contributed by atoms with Gasteiger partial charge in [-0.05, 0) is 68.3 Å². The van der Waals surface area contributed by atoms with E-state index in [0.29, 0.717) is 31.0 Å². The van der Waals surface area contributed by atoms with Crippen molar-refractivity contribution in [1.82, 2.24) is 0 Å². The summed E-state index contributed by atoms with van der Waals surface area (Å²) in [6.07, 6.45) is 0.455. The Bertz CT molecular complexity index is 1050. The van der Waals surface area contributed by atoms with Crippen molar-refractivity contribution in [3.63, 3.8) is 0 Å². The van der Waals surface area contributed by atoms with Crippen LogP contribution in [0.1, 0.15) is 32.8 Å². The van der Waals surface area contributed by atoms with Gasteiger partial charge in [0, 0.05) is 31.3 Å². The number of carbonyl (C=O) groups excluding carboxylic acids is 2. The van der Waals surface area contributed by atoms with Gasteiger partial charge in [0.2, 0.25) is 11.8 Å². The van der Waals surface area contributed by atoms with Gasteiger partial charge < -0.3 is 15.0 Å². The number of hydrogen-bond donors (Lipinski definition) is 1. The second kappa shape index (κ2) is 8.87. The Kier molecular flexibility index (Phi) is 6.45. The molecular formula is C22H26N2O5S. The molecular weight excluding hydrogens is 404 g/mol. The summed E-state index contributed by atoms with van der Waals surface area (Å²) < 4.78 is 31.3. The fraction of sp³-hybridized carbons (Fsp3) is 0.364. The summed E-state index contributed by atoms with van der Waals surface area (Å²) in [6.45, 7) is 6.01. The van der Waals surface area contributed by atoms with Gasteiger partial charge >= 0.3 is 0 Å². The van der Waals surface area contributed by atoms with E-state index < -0.39 is 15.1 Å². The highest BCUT2D eigenvalue weighted by Crippen LogP contribution is 2.31. The number of ether oxygens (including phenoxy) is 1. The van der Waals surface area contributed by atoms with Crippen LogP contribution < -0.4 is 15.0 Å². The lowest BCUT2D eigenvalue weighted by Crippen LogP contribution is -2.26. The van der Waals surface area contributed by atoms with Crippen molar-refractivity contribution < 1.29 is 22.7 Å². The SMILES string of the molecule is CCOc1ccc(NC(=O)C[C@H](C)S(=O)(=O)c2ccc3c(c2)CCN3C(C)=O)cc1. The topological polar surface area (TPSA) is 92.8 Å². The Hall–Kier alpha value is -2.87. The predicted molar refractivity (Wildman–Crippen MR) is 116 cm³/mol. The van der Waals surface area contributed by atoms with Gasteiger partial charge in [0.25, 0.3) is 0 Å². The minimum Gasteiger partial charge on any atom is -0.494 e. The highest BCUT2D eigenvalue weighted by molar-refractivity contribution is 7.92. The fourth-order valence-corrected chi connectivity index (χ4v) is 4.90. The summed E-state index contributed by atoms with van der Waals surface area (Å²) in [5.41, 5.74) is 2.16. The van der Waals surface area contributed by atoms with Crippen LogP contribution in [-0.4, -0.2) is 38.6 Å². The first-order valence-electron chi connectivity index (χ1n) is 9.90. The summed E-state index contributed by atoms with van der Waals surface area (Å²) in [5, 5.41) is 1.84. The Morgan fingerprint density at radius 1 is 1.17 bits per heavy atom. The third-order valence-electron chi connectivity index (χ3n) is 5.11. The van der Waals surface area contributed by atoms with Crippen LogP contribution in [0.15, 0.2) is 47.4 Å². The van der Waals surface area contributed by atoms with Gasteiger partial charge in [-0.25, -0.2) is 8.42 Å². The maximum Gasteiger partial charge on any atom is 0.225 e. The van der Waals surface area contributed by atoms with Crippen LogP contribution >= 0.6 is 0 Å². The molecule has 0 fully saturated rings. The molecule has 1 N–H and O–H groups in total. The van der Waals surface area contributed by atoms with Crippen molar-refractivity contribution in [2.75, 3.05) is 23.4 Å². The molecule has 8 heteroatoms. The molecule has 2 amide bonds. The van der Waals surface area contributed by atoms with E-state index in [0.717, 1.165) is 11.3 Å². The van der Waals surface area contributed by atoms with Crippen molar-refractivity contribution in [1.29, 1.82) is 0 Å². The molecule has 30 heavy (non-hydrogen) atoms. The number of sulfone groups is 1. The molecule has 0 saturated carbocycles. The van der Waals surface area contributed by atoms with Gasteiger partial charge in [-0.3, -0.25) is 9.59 Å². The maximum absolute atomic E-state index is 13.0. The summed E-state index contributed by atoms with van der Waals surface area (Å²) in [6, 6.07) is 11.7. The molecule has 1 atom stereocenters. The van der Waals surface area contributed by atoms with Crippen LogP contribution in [0.3, 0.4) is 0 Å². The number of fused-ring (bicyclic) bond motifs is 1. The van der Waals surface area contributed by atoms with E-state index in [9.17, 15) is 18.0 Å². The molecule has 2 aromatic rings.